The average Bonchev–Trinajstić information content (AvgIpc) is 2.44. The molecule has 1 aliphatic carbocycles. The number of fused-ring (bicyclic) bond motifs is 1. The van der Waals surface area contributed by atoms with Crippen LogP contribution in [0.2, 0.25) is 0 Å². The van der Waals surface area contributed by atoms with Crippen molar-refractivity contribution in [1.29, 1.82) is 0 Å². The number of nitrogens with zero attached hydrogens (tertiary/aromatic N) is 1. The van der Waals surface area contributed by atoms with Crippen molar-refractivity contribution in [3.63, 3.8) is 0 Å². The molecular formula is C15H20N2O3. The van der Waals surface area contributed by atoms with E-state index in [1.165, 1.54) is 0 Å². The van der Waals surface area contributed by atoms with Gasteiger partial charge in [0.15, 0.2) is 11.5 Å². The molecule has 108 valence electrons. The van der Waals surface area contributed by atoms with Gasteiger partial charge in [0.05, 0.1) is 5.56 Å². The lowest BCUT2D eigenvalue weighted by Gasteiger charge is -2.35. The second-order valence-corrected chi connectivity index (χ2v) is 5.61. The van der Waals surface area contributed by atoms with Crippen LogP contribution in [0.25, 0.3) is 0 Å². The standard InChI is InChI=1S/C15H20N2O3/c1-17(9-10-7-11(16)8-10)15(18)12-3-2-4-13-14(12)20-6-5-19-13/h2-4,10-11H,5-9,16H2,1H3. The number of hydrogen-bond acceptors (Lipinski definition) is 4. The zero-order valence-corrected chi connectivity index (χ0v) is 11.7. The maximum atomic E-state index is 12.5. The van der Waals surface area contributed by atoms with E-state index >= 15 is 0 Å². The summed E-state index contributed by atoms with van der Waals surface area (Å²) >= 11 is 0. The van der Waals surface area contributed by atoms with Gasteiger partial charge < -0.3 is 20.1 Å². The second-order valence-electron chi connectivity index (χ2n) is 5.61. The van der Waals surface area contributed by atoms with Crippen LogP contribution in [0.4, 0.5) is 0 Å². The minimum absolute atomic E-state index is 0.0205. The van der Waals surface area contributed by atoms with Gasteiger partial charge in [-0.05, 0) is 30.9 Å². The molecular weight excluding hydrogens is 256 g/mol. The third-order valence-electron chi connectivity index (χ3n) is 3.95. The molecule has 1 aromatic carbocycles. The van der Waals surface area contributed by atoms with E-state index in [2.05, 4.69) is 0 Å². The lowest BCUT2D eigenvalue weighted by atomic mass is 9.80. The predicted octanol–water partition coefficient (Wildman–Crippen LogP) is 1.27. The van der Waals surface area contributed by atoms with Crippen LogP contribution in [-0.4, -0.2) is 43.7 Å². The third kappa shape index (κ3) is 2.45. The molecule has 2 N–H and O–H groups in total. The summed E-state index contributed by atoms with van der Waals surface area (Å²) in [6.07, 6.45) is 2.01. The molecule has 0 atom stereocenters. The van der Waals surface area contributed by atoms with E-state index in [4.69, 9.17) is 15.2 Å². The maximum absolute atomic E-state index is 12.5. The largest absolute Gasteiger partial charge is 0.486 e. The highest BCUT2D eigenvalue weighted by atomic mass is 16.6. The molecule has 0 unspecified atom stereocenters. The summed E-state index contributed by atoms with van der Waals surface area (Å²) in [6.45, 7) is 1.76. The molecule has 0 radical (unpaired) electrons. The topological polar surface area (TPSA) is 64.8 Å². The number of para-hydroxylation sites is 1. The van der Waals surface area contributed by atoms with Crippen LogP contribution >= 0.6 is 0 Å². The Balaban J connectivity index is 1.73. The number of amides is 1. The lowest BCUT2D eigenvalue weighted by molar-refractivity contribution is 0.0724. The fourth-order valence-electron chi connectivity index (χ4n) is 2.85. The zero-order chi connectivity index (χ0) is 14.1. The molecule has 5 heteroatoms. The first-order chi connectivity index (χ1) is 9.65. The summed E-state index contributed by atoms with van der Waals surface area (Å²) in [7, 11) is 1.83. The minimum atomic E-state index is -0.0205. The van der Waals surface area contributed by atoms with Crippen molar-refractivity contribution in [3.8, 4) is 11.5 Å². The van der Waals surface area contributed by atoms with Crippen molar-refractivity contribution in [3.05, 3.63) is 23.8 Å². The summed E-state index contributed by atoms with van der Waals surface area (Å²) in [5.74, 6) is 1.73. The number of carbonyl (C=O) groups excluding carboxylic acids is 1. The van der Waals surface area contributed by atoms with Crippen molar-refractivity contribution < 1.29 is 14.3 Å². The summed E-state index contributed by atoms with van der Waals surface area (Å²) in [5.41, 5.74) is 6.36. The number of nitrogens with two attached hydrogens (primary N) is 1. The Bertz CT molecular complexity index is 512. The molecule has 1 saturated carbocycles. The predicted molar refractivity (Wildman–Crippen MR) is 75.1 cm³/mol. The van der Waals surface area contributed by atoms with Gasteiger partial charge in [-0.1, -0.05) is 6.07 Å². The van der Waals surface area contributed by atoms with Gasteiger partial charge in [0, 0.05) is 19.6 Å². The van der Waals surface area contributed by atoms with Crippen LogP contribution in [0.15, 0.2) is 18.2 Å². The quantitative estimate of drug-likeness (QED) is 0.903. The Morgan fingerprint density at radius 3 is 2.85 bits per heavy atom. The molecule has 1 heterocycles. The number of ether oxygens (including phenoxy) is 2. The fraction of sp³-hybridized carbons (Fsp3) is 0.533. The summed E-state index contributed by atoms with van der Waals surface area (Å²) < 4.78 is 11.1. The number of rotatable bonds is 3. The average molecular weight is 276 g/mol. The molecule has 0 spiro atoms. The number of carbonyl (C=O) groups is 1. The fourth-order valence-corrected chi connectivity index (χ4v) is 2.85. The Hall–Kier alpha value is -1.75. The van der Waals surface area contributed by atoms with E-state index in [0.29, 0.717) is 42.2 Å². The van der Waals surface area contributed by atoms with Gasteiger partial charge in [-0.15, -0.1) is 0 Å². The van der Waals surface area contributed by atoms with Crippen LogP contribution in [0, 0.1) is 5.92 Å². The Morgan fingerprint density at radius 2 is 2.10 bits per heavy atom. The van der Waals surface area contributed by atoms with Crippen molar-refractivity contribution in [1.82, 2.24) is 4.90 Å². The molecule has 1 fully saturated rings. The van der Waals surface area contributed by atoms with Crippen LogP contribution in [0.1, 0.15) is 23.2 Å². The van der Waals surface area contributed by atoms with Gasteiger partial charge >= 0.3 is 0 Å². The molecule has 1 amide bonds. The molecule has 3 rings (SSSR count). The van der Waals surface area contributed by atoms with Crippen molar-refractivity contribution in [2.45, 2.75) is 18.9 Å². The van der Waals surface area contributed by atoms with Crippen LogP contribution in [-0.2, 0) is 0 Å². The lowest BCUT2D eigenvalue weighted by Crippen LogP contribution is -2.43. The third-order valence-corrected chi connectivity index (χ3v) is 3.95. The SMILES string of the molecule is CN(CC1CC(N)C1)C(=O)c1cccc2c1OCCO2. The van der Waals surface area contributed by atoms with Crippen LogP contribution < -0.4 is 15.2 Å². The smallest absolute Gasteiger partial charge is 0.257 e. The Labute approximate surface area is 118 Å². The van der Waals surface area contributed by atoms with Gasteiger partial charge in [0.25, 0.3) is 5.91 Å². The minimum Gasteiger partial charge on any atom is -0.486 e. The van der Waals surface area contributed by atoms with E-state index in [-0.39, 0.29) is 5.91 Å². The van der Waals surface area contributed by atoms with Gasteiger partial charge in [-0.2, -0.15) is 0 Å². The van der Waals surface area contributed by atoms with Gasteiger partial charge in [-0.3, -0.25) is 4.79 Å². The van der Waals surface area contributed by atoms with Gasteiger partial charge in [0.1, 0.15) is 13.2 Å². The van der Waals surface area contributed by atoms with Crippen molar-refractivity contribution in [2.24, 2.45) is 11.7 Å². The Morgan fingerprint density at radius 1 is 1.35 bits per heavy atom. The van der Waals surface area contributed by atoms with E-state index in [9.17, 15) is 4.79 Å². The first-order valence-electron chi connectivity index (χ1n) is 7.05. The van der Waals surface area contributed by atoms with E-state index in [1.54, 1.807) is 11.0 Å². The Kier molecular flexibility index (Phi) is 3.53. The van der Waals surface area contributed by atoms with E-state index in [0.717, 1.165) is 19.4 Å². The first kappa shape index (κ1) is 13.2. The molecule has 0 aromatic heterocycles. The monoisotopic (exact) mass is 276 g/mol. The molecule has 1 aliphatic heterocycles. The van der Waals surface area contributed by atoms with E-state index < -0.39 is 0 Å². The second kappa shape index (κ2) is 5.32. The molecule has 0 saturated heterocycles. The number of hydrogen-bond donors (Lipinski definition) is 1. The maximum Gasteiger partial charge on any atom is 0.257 e. The van der Waals surface area contributed by atoms with Crippen LogP contribution in [0.5, 0.6) is 11.5 Å². The molecule has 2 aliphatic rings. The molecule has 20 heavy (non-hydrogen) atoms. The summed E-state index contributed by atoms with van der Waals surface area (Å²) in [6, 6.07) is 5.76. The molecule has 1 aromatic rings. The normalized spacial score (nSPS) is 23.9. The molecule has 5 nitrogen and oxygen atoms in total. The van der Waals surface area contributed by atoms with Crippen molar-refractivity contribution in [2.75, 3.05) is 26.8 Å². The van der Waals surface area contributed by atoms with E-state index in [1.807, 2.05) is 19.2 Å². The highest BCUT2D eigenvalue weighted by molar-refractivity contribution is 5.97. The summed E-state index contributed by atoms with van der Waals surface area (Å²) in [4.78, 5) is 14.3. The zero-order valence-electron chi connectivity index (χ0n) is 11.7. The molecule has 0 bridgehead atoms. The van der Waals surface area contributed by atoms with Gasteiger partial charge in [0.2, 0.25) is 0 Å². The van der Waals surface area contributed by atoms with Gasteiger partial charge in [-0.25, -0.2) is 0 Å². The van der Waals surface area contributed by atoms with Crippen LogP contribution in [0.3, 0.4) is 0 Å². The van der Waals surface area contributed by atoms with Crippen molar-refractivity contribution >= 4 is 5.91 Å². The number of benzene rings is 1. The highest BCUT2D eigenvalue weighted by Gasteiger charge is 2.29. The first-order valence-corrected chi connectivity index (χ1v) is 7.05. The summed E-state index contributed by atoms with van der Waals surface area (Å²) in [5, 5.41) is 0. The highest BCUT2D eigenvalue weighted by Crippen LogP contribution is 2.34.